The molecule has 2 N–H and O–H groups in total. The van der Waals surface area contributed by atoms with E-state index in [2.05, 4.69) is 5.16 Å². The Balaban J connectivity index is 1.91. The van der Waals surface area contributed by atoms with Gasteiger partial charge in [-0.15, -0.1) is 0 Å². The van der Waals surface area contributed by atoms with Crippen molar-refractivity contribution in [1.82, 2.24) is 9.46 Å². The minimum Gasteiger partial charge on any atom is -0.361 e. The molecule has 2 heterocycles. The Bertz CT molecular complexity index is 900. The second-order valence-electron chi connectivity index (χ2n) is 4.88. The van der Waals surface area contributed by atoms with E-state index in [1.165, 1.54) is 34.8 Å². The van der Waals surface area contributed by atoms with E-state index in [-0.39, 0.29) is 22.9 Å². The van der Waals surface area contributed by atoms with Gasteiger partial charge >= 0.3 is 0 Å². The maximum atomic E-state index is 12.6. The minimum atomic E-state index is -3.85. The third kappa shape index (κ3) is 2.65. The average Bonchev–Trinajstić information content (AvgIpc) is 2.94. The van der Waals surface area contributed by atoms with Crippen LogP contribution in [0.2, 0.25) is 0 Å². The summed E-state index contributed by atoms with van der Waals surface area (Å²) in [5.41, 5.74) is 0.732. The summed E-state index contributed by atoms with van der Waals surface area (Å²) in [5.74, 6) is 0.691. The van der Waals surface area contributed by atoms with Crippen molar-refractivity contribution in [2.24, 2.45) is 5.14 Å². The largest absolute Gasteiger partial charge is 0.361 e. The Morgan fingerprint density at radius 1 is 1.09 bits per heavy atom. The fourth-order valence-electron chi connectivity index (χ4n) is 2.27. The highest BCUT2D eigenvalue weighted by Crippen LogP contribution is 2.25. The molecule has 0 amide bonds. The SMILES string of the molecule is NS(=O)(=O)c1ccc(S(=O)(=O)N2CCc3oncc3C2)cc1. The summed E-state index contributed by atoms with van der Waals surface area (Å²) in [7, 11) is -7.57. The highest BCUT2D eigenvalue weighted by molar-refractivity contribution is 7.89. The fraction of sp³-hybridized carbons (Fsp3) is 0.250. The Morgan fingerprint density at radius 3 is 2.36 bits per heavy atom. The van der Waals surface area contributed by atoms with E-state index in [0.717, 1.165) is 5.56 Å². The molecule has 1 aliphatic rings. The summed E-state index contributed by atoms with van der Waals surface area (Å²) in [6.45, 7) is 0.458. The lowest BCUT2D eigenvalue weighted by atomic mass is 10.1. The summed E-state index contributed by atoms with van der Waals surface area (Å²) in [5, 5.41) is 8.65. The third-order valence-electron chi connectivity index (χ3n) is 3.45. The maximum Gasteiger partial charge on any atom is 0.243 e. The van der Waals surface area contributed by atoms with Crippen molar-refractivity contribution >= 4 is 20.0 Å². The number of nitrogens with zero attached hydrogens (tertiary/aromatic N) is 2. The second-order valence-corrected chi connectivity index (χ2v) is 8.38. The molecule has 0 aliphatic carbocycles. The van der Waals surface area contributed by atoms with Crippen molar-refractivity contribution < 1.29 is 21.4 Å². The average molecular weight is 343 g/mol. The van der Waals surface area contributed by atoms with E-state index in [1.54, 1.807) is 0 Å². The standard InChI is InChI=1S/C12H13N3O5S2/c13-21(16,17)10-1-3-11(4-2-10)22(18,19)15-6-5-12-9(8-15)7-14-20-12/h1-4,7H,5-6,8H2,(H2,13,16,17). The molecule has 0 radical (unpaired) electrons. The quantitative estimate of drug-likeness (QED) is 0.841. The van der Waals surface area contributed by atoms with Gasteiger partial charge in [-0.25, -0.2) is 22.0 Å². The number of fused-ring (bicyclic) bond motifs is 1. The lowest BCUT2D eigenvalue weighted by molar-refractivity contribution is 0.331. The van der Waals surface area contributed by atoms with Gasteiger partial charge in [0, 0.05) is 25.1 Å². The lowest BCUT2D eigenvalue weighted by Gasteiger charge is -2.24. The number of rotatable bonds is 3. The van der Waals surface area contributed by atoms with Gasteiger partial charge in [0.05, 0.1) is 16.0 Å². The summed E-state index contributed by atoms with van der Waals surface area (Å²) in [6, 6.07) is 4.82. The van der Waals surface area contributed by atoms with Gasteiger partial charge in [0.1, 0.15) is 5.76 Å². The highest BCUT2D eigenvalue weighted by Gasteiger charge is 2.30. The molecule has 0 atom stereocenters. The van der Waals surface area contributed by atoms with Crippen molar-refractivity contribution in [2.75, 3.05) is 6.54 Å². The number of benzene rings is 1. The van der Waals surface area contributed by atoms with Gasteiger partial charge in [0.2, 0.25) is 20.0 Å². The number of sulfonamides is 2. The minimum absolute atomic E-state index is 0.0137. The van der Waals surface area contributed by atoms with Crippen LogP contribution in [-0.2, 0) is 33.0 Å². The molecule has 0 bridgehead atoms. The molecule has 1 aromatic heterocycles. The summed E-state index contributed by atoms with van der Waals surface area (Å²) < 4.78 is 53.9. The van der Waals surface area contributed by atoms with Crippen molar-refractivity contribution in [1.29, 1.82) is 0 Å². The first-order chi connectivity index (χ1) is 10.3. The van der Waals surface area contributed by atoms with Gasteiger partial charge in [-0.3, -0.25) is 0 Å². The first kappa shape index (κ1) is 15.2. The van der Waals surface area contributed by atoms with Crippen LogP contribution in [0, 0.1) is 0 Å². The van der Waals surface area contributed by atoms with Crippen LogP contribution < -0.4 is 5.14 Å². The van der Waals surface area contributed by atoms with E-state index in [9.17, 15) is 16.8 Å². The molecule has 0 spiro atoms. The van der Waals surface area contributed by atoms with Gasteiger partial charge in [-0.1, -0.05) is 5.16 Å². The van der Waals surface area contributed by atoms with Crippen molar-refractivity contribution in [3.05, 3.63) is 41.8 Å². The number of aromatic nitrogens is 1. The van der Waals surface area contributed by atoms with E-state index >= 15 is 0 Å². The summed E-state index contributed by atoms with van der Waals surface area (Å²) in [4.78, 5) is -0.119. The zero-order valence-corrected chi connectivity index (χ0v) is 13.0. The molecule has 3 rings (SSSR count). The fourth-order valence-corrected chi connectivity index (χ4v) is 4.20. The molecular formula is C12H13N3O5S2. The highest BCUT2D eigenvalue weighted by atomic mass is 32.2. The van der Waals surface area contributed by atoms with Crippen molar-refractivity contribution in [2.45, 2.75) is 22.8 Å². The number of hydrogen-bond donors (Lipinski definition) is 1. The molecule has 1 aromatic carbocycles. The van der Waals surface area contributed by atoms with Crippen LogP contribution in [0.1, 0.15) is 11.3 Å². The zero-order chi connectivity index (χ0) is 16.0. The molecule has 118 valence electrons. The van der Waals surface area contributed by atoms with Gasteiger partial charge in [-0.2, -0.15) is 4.31 Å². The molecule has 10 heteroatoms. The van der Waals surface area contributed by atoms with Crippen LogP contribution in [0.15, 0.2) is 44.8 Å². The van der Waals surface area contributed by atoms with Crippen LogP contribution in [0.3, 0.4) is 0 Å². The normalized spacial score (nSPS) is 16.4. The Kier molecular flexibility index (Phi) is 3.56. The molecule has 0 unspecified atom stereocenters. The Morgan fingerprint density at radius 2 is 1.73 bits per heavy atom. The summed E-state index contributed by atoms with van der Waals surface area (Å²) in [6.07, 6.45) is 1.95. The van der Waals surface area contributed by atoms with E-state index in [1.807, 2.05) is 0 Å². The molecule has 1 aliphatic heterocycles. The van der Waals surface area contributed by atoms with Gasteiger partial charge < -0.3 is 4.52 Å². The smallest absolute Gasteiger partial charge is 0.243 e. The second kappa shape index (κ2) is 5.16. The van der Waals surface area contributed by atoms with Crippen LogP contribution in [0.4, 0.5) is 0 Å². The molecule has 0 saturated carbocycles. The molecule has 0 fully saturated rings. The predicted octanol–water partition coefficient (Wildman–Crippen LogP) is 0.0690. The molecular weight excluding hydrogens is 330 g/mol. The molecule has 2 aromatic rings. The first-order valence-corrected chi connectivity index (χ1v) is 9.32. The van der Waals surface area contributed by atoms with Crippen molar-refractivity contribution in [3.63, 3.8) is 0 Å². The number of primary sulfonamides is 1. The predicted molar refractivity (Wildman–Crippen MR) is 75.6 cm³/mol. The first-order valence-electron chi connectivity index (χ1n) is 6.34. The van der Waals surface area contributed by atoms with Gasteiger partial charge in [0.25, 0.3) is 0 Å². The van der Waals surface area contributed by atoms with Crippen LogP contribution in [-0.4, -0.2) is 32.8 Å². The molecule has 8 nitrogen and oxygen atoms in total. The van der Waals surface area contributed by atoms with E-state index in [0.29, 0.717) is 12.2 Å². The van der Waals surface area contributed by atoms with Crippen molar-refractivity contribution in [3.8, 4) is 0 Å². The Hall–Kier alpha value is -1.75. The number of hydrogen-bond acceptors (Lipinski definition) is 6. The Labute approximate surface area is 127 Å². The maximum absolute atomic E-state index is 12.6. The van der Waals surface area contributed by atoms with Crippen LogP contribution >= 0.6 is 0 Å². The van der Waals surface area contributed by atoms with E-state index in [4.69, 9.17) is 9.66 Å². The molecule has 22 heavy (non-hydrogen) atoms. The third-order valence-corrected chi connectivity index (χ3v) is 6.24. The lowest BCUT2D eigenvalue weighted by Crippen LogP contribution is -2.35. The van der Waals surface area contributed by atoms with Gasteiger partial charge in [-0.05, 0) is 24.3 Å². The summed E-state index contributed by atoms with van der Waals surface area (Å²) >= 11 is 0. The van der Waals surface area contributed by atoms with E-state index < -0.39 is 20.0 Å². The topological polar surface area (TPSA) is 124 Å². The zero-order valence-electron chi connectivity index (χ0n) is 11.3. The van der Waals surface area contributed by atoms with Gasteiger partial charge in [0.15, 0.2) is 0 Å². The monoisotopic (exact) mass is 343 g/mol. The molecule has 0 saturated heterocycles. The van der Waals surface area contributed by atoms with Crippen LogP contribution in [0.25, 0.3) is 0 Å². The van der Waals surface area contributed by atoms with Crippen LogP contribution in [0.5, 0.6) is 0 Å². The number of nitrogens with two attached hydrogens (primary N) is 1.